The standard InChI is InChI=1S/C13H12BrNO2/c1-9-2-3-10(14)6-13(9)17-12-4-5-15-11(7-12)8-16/h2-7,16H,8H2,1H3. The van der Waals surface area contributed by atoms with Crippen molar-refractivity contribution in [2.24, 2.45) is 0 Å². The Balaban J connectivity index is 2.27. The van der Waals surface area contributed by atoms with E-state index in [0.717, 1.165) is 15.8 Å². The van der Waals surface area contributed by atoms with Gasteiger partial charge in [0.25, 0.3) is 0 Å². The summed E-state index contributed by atoms with van der Waals surface area (Å²) in [6.07, 6.45) is 1.62. The number of benzene rings is 1. The van der Waals surface area contributed by atoms with E-state index in [4.69, 9.17) is 9.84 Å². The maximum absolute atomic E-state index is 9.00. The molecule has 2 aromatic rings. The van der Waals surface area contributed by atoms with Gasteiger partial charge in [0.15, 0.2) is 0 Å². The molecule has 0 aliphatic heterocycles. The lowest BCUT2D eigenvalue weighted by atomic mass is 10.2. The zero-order valence-corrected chi connectivity index (χ0v) is 10.9. The molecule has 0 radical (unpaired) electrons. The summed E-state index contributed by atoms with van der Waals surface area (Å²) >= 11 is 3.41. The third kappa shape index (κ3) is 3.05. The lowest BCUT2D eigenvalue weighted by Crippen LogP contribution is -1.92. The Labute approximate surface area is 108 Å². The Bertz CT molecular complexity index is 529. The first-order valence-corrected chi connectivity index (χ1v) is 5.98. The molecule has 88 valence electrons. The van der Waals surface area contributed by atoms with Crippen molar-refractivity contribution in [3.05, 3.63) is 52.3 Å². The Hall–Kier alpha value is -1.39. The normalized spacial score (nSPS) is 10.3. The van der Waals surface area contributed by atoms with Crippen LogP contribution in [0.15, 0.2) is 41.0 Å². The van der Waals surface area contributed by atoms with E-state index >= 15 is 0 Å². The molecule has 0 aliphatic carbocycles. The largest absolute Gasteiger partial charge is 0.457 e. The highest BCUT2D eigenvalue weighted by atomic mass is 79.9. The summed E-state index contributed by atoms with van der Waals surface area (Å²) in [7, 11) is 0. The van der Waals surface area contributed by atoms with Gasteiger partial charge in [0.05, 0.1) is 12.3 Å². The van der Waals surface area contributed by atoms with Crippen molar-refractivity contribution >= 4 is 15.9 Å². The maximum Gasteiger partial charge on any atom is 0.131 e. The lowest BCUT2D eigenvalue weighted by Gasteiger charge is -2.09. The van der Waals surface area contributed by atoms with E-state index in [1.54, 1.807) is 18.3 Å². The summed E-state index contributed by atoms with van der Waals surface area (Å²) in [5.41, 5.74) is 1.64. The molecule has 0 saturated carbocycles. The fourth-order valence-corrected chi connectivity index (χ4v) is 1.76. The minimum atomic E-state index is -0.0886. The summed E-state index contributed by atoms with van der Waals surface area (Å²) in [6.45, 7) is 1.89. The average Bonchev–Trinajstić information content (AvgIpc) is 2.34. The lowest BCUT2D eigenvalue weighted by molar-refractivity contribution is 0.276. The fourth-order valence-electron chi connectivity index (χ4n) is 1.42. The SMILES string of the molecule is Cc1ccc(Br)cc1Oc1ccnc(CO)c1. The smallest absolute Gasteiger partial charge is 0.131 e. The number of rotatable bonds is 3. The second-order valence-electron chi connectivity index (χ2n) is 3.65. The van der Waals surface area contributed by atoms with Crippen LogP contribution < -0.4 is 4.74 Å². The van der Waals surface area contributed by atoms with Crippen molar-refractivity contribution in [3.63, 3.8) is 0 Å². The topological polar surface area (TPSA) is 42.4 Å². The van der Waals surface area contributed by atoms with Crippen LogP contribution in [0.3, 0.4) is 0 Å². The van der Waals surface area contributed by atoms with Gasteiger partial charge in [0.2, 0.25) is 0 Å². The number of hydrogen-bond donors (Lipinski definition) is 1. The van der Waals surface area contributed by atoms with Gasteiger partial charge >= 0.3 is 0 Å². The van der Waals surface area contributed by atoms with E-state index in [2.05, 4.69) is 20.9 Å². The Morgan fingerprint density at radius 1 is 1.29 bits per heavy atom. The molecule has 1 aromatic carbocycles. The van der Waals surface area contributed by atoms with Gasteiger partial charge in [-0.25, -0.2) is 0 Å². The first-order valence-electron chi connectivity index (χ1n) is 5.19. The van der Waals surface area contributed by atoms with Crippen LogP contribution in [-0.2, 0) is 6.61 Å². The Kier molecular flexibility index (Phi) is 3.76. The molecule has 0 saturated heterocycles. The van der Waals surface area contributed by atoms with E-state index in [1.165, 1.54) is 0 Å². The predicted molar refractivity (Wildman–Crippen MR) is 69.1 cm³/mol. The van der Waals surface area contributed by atoms with Crippen LogP contribution in [-0.4, -0.2) is 10.1 Å². The molecule has 0 unspecified atom stereocenters. The number of aryl methyl sites for hydroxylation is 1. The molecule has 0 amide bonds. The van der Waals surface area contributed by atoms with Gasteiger partial charge in [0.1, 0.15) is 11.5 Å². The molecule has 3 nitrogen and oxygen atoms in total. The average molecular weight is 294 g/mol. The van der Waals surface area contributed by atoms with Crippen LogP contribution in [0, 0.1) is 6.92 Å². The van der Waals surface area contributed by atoms with Gasteiger partial charge < -0.3 is 9.84 Å². The van der Waals surface area contributed by atoms with Crippen molar-refractivity contribution in [3.8, 4) is 11.5 Å². The van der Waals surface area contributed by atoms with E-state index in [1.807, 2.05) is 25.1 Å². The van der Waals surface area contributed by atoms with Crippen molar-refractivity contribution in [2.75, 3.05) is 0 Å². The molecule has 0 bridgehead atoms. The van der Waals surface area contributed by atoms with E-state index in [-0.39, 0.29) is 6.61 Å². The van der Waals surface area contributed by atoms with Crippen molar-refractivity contribution in [1.82, 2.24) is 4.98 Å². The summed E-state index contributed by atoms with van der Waals surface area (Å²) < 4.78 is 6.72. The van der Waals surface area contributed by atoms with Gasteiger partial charge in [-0.2, -0.15) is 0 Å². The monoisotopic (exact) mass is 293 g/mol. The van der Waals surface area contributed by atoms with Gasteiger partial charge in [-0.05, 0) is 30.7 Å². The number of aliphatic hydroxyl groups is 1. The zero-order valence-electron chi connectivity index (χ0n) is 9.35. The number of halogens is 1. The fraction of sp³-hybridized carbons (Fsp3) is 0.154. The first kappa shape index (κ1) is 12.1. The molecule has 1 N–H and O–H groups in total. The molecule has 0 aliphatic rings. The summed E-state index contributed by atoms with van der Waals surface area (Å²) in [5.74, 6) is 1.46. The number of aliphatic hydroxyl groups excluding tert-OH is 1. The molecular formula is C13H12BrNO2. The van der Waals surface area contributed by atoms with Crippen LogP contribution in [0.1, 0.15) is 11.3 Å². The van der Waals surface area contributed by atoms with E-state index < -0.39 is 0 Å². The molecule has 1 heterocycles. The molecule has 17 heavy (non-hydrogen) atoms. The van der Waals surface area contributed by atoms with Crippen molar-refractivity contribution in [1.29, 1.82) is 0 Å². The third-order valence-electron chi connectivity index (χ3n) is 2.33. The highest BCUT2D eigenvalue weighted by molar-refractivity contribution is 9.10. The Morgan fingerprint density at radius 2 is 2.12 bits per heavy atom. The van der Waals surface area contributed by atoms with Crippen LogP contribution >= 0.6 is 15.9 Å². The molecular weight excluding hydrogens is 282 g/mol. The van der Waals surface area contributed by atoms with Crippen LogP contribution in [0.4, 0.5) is 0 Å². The zero-order chi connectivity index (χ0) is 12.3. The quantitative estimate of drug-likeness (QED) is 0.943. The van der Waals surface area contributed by atoms with Gasteiger partial charge in [0, 0.05) is 16.7 Å². The second-order valence-corrected chi connectivity index (χ2v) is 4.57. The number of pyridine rings is 1. The minimum Gasteiger partial charge on any atom is -0.457 e. The summed E-state index contributed by atoms with van der Waals surface area (Å²) in [4.78, 5) is 4.00. The highest BCUT2D eigenvalue weighted by Gasteiger charge is 2.03. The first-order chi connectivity index (χ1) is 8.19. The molecule has 2 rings (SSSR count). The molecule has 0 spiro atoms. The third-order valence-corrected chi connectivity index (χ3v) is 2.82. The summed E-state index contributed by atoms with van der Waals surface area (Å²) in [6, 6.07) is 9.34. The van der Waals surface area contributed by atoms with Crippen molar-refractivity contribution in [2.45, 2.75) is 13.5 Å². The number of aromatic nitrogens is 1. The van der Waals surface area contributed by atoms with Crippen molar-refractivity contribution < 1.29 is 9.84 Å². The van der Waals surface area contributed by atoms with E-state index in [9.17, 15) is 0 Å². The minimum absolute atomic E-state index is 0.0886. The molecule has 0 atom stereocenters. The Morgan fingerprint density at radius 3 is 2.88 bits per heavy atom. The van der Waals surface area contributed by atoms with Gasteiger partial charge in [-0.15, -0.1) is 0 Å². The van der Waals surface area contributed by atoms with Gasteiger partial charge in [-0.1, -0.05) is 22.0 Å². The van der Waals surface area contributed by atoms with Crippen LogP contribution in [0.25, 0.3) is 0 Å². The summed E-state index contributed by atoms with van der Waals surface area (Å²) in [5, 5.41) is 9.00. The molecule has 0 fully saturated rings. The number of hydrogen-bond acceptors (Lipinski definition) is 3. The number of nitrogens with zero attached hydrogens (tertiary/aromatic N) is 1. The van der Waals surface area contributed by atoms with Crippen LogP contribution in [0.2, 0.25) is 0 Å². The maximum atomic E-state index is 9.00. The predicted octanol–water partition coefficient (Wildman–Crippen LogP) is 3.44. The number of ether oxygens (including phenoxy) is 1. The second kappa shape index (κ2) is 5.29. The highest BCUT2D eigenvalue weighted by Crippen LogP contribution is 2.28. The van der Waals surface area contributed by atoms with Gasteiger partial charge in [-0.3, -0.25) is 4.98 Å². The van der Waals surface area contributed by atoms with E-state index in [0.29, 0.717) is 11.4 Å². The molecule has 1 aromatic heterocycles. The van der Waals surface area contributed by atoms with Crippen LogP contribution in [0.5, 0.6) is 11.5 Å². The molecule has 4 heteroatoms.